The SMILES string of the molecule is CCN(C(=O)C(CN)OC)C1COCC1C(=O)O. The van der Waals surface area contributed by atoms with Gasteiger partial charge in [-0.15, -0.1) is 0 Å². The number of carbonyl (C=O) groups is 2. The third-order valence-corrected chi connectivity index (χ3v) is 3.17. The van der Waals surface area contributed by atoms with E-state index in [4.69, 9.17) is 20.3 Å². The van der Waals surface area contributed by atoms with Crippen LogP contribution in [-0.4, -0.2) is 67.4 Å². The van der Waals surface area contributed by atoms with Gasteiger partial charge in [0.15, 0.2) is 0 Å². The van der Waals surface area contributed by atoms with E-state index in [1.165, 1.54) is 12.0 Å². The van der Waals surface area contributed by atoms with Crippen molar-refractivity contribution in [3.8, 4) is 0 Å². The number of nitrogens with zero attached hydrogens (tertiary/aromatic N) is 1. The molecular weight excluding hydrogens is 240 g/mol. The quantitative estimate of drug-likeness (QED) is 0.629. The molecule has 1 aliphatic heterocycles. The van der Waals surface area contributed by atoms with E-state index in [9.17, 15) is 9.59 Å². The van der Waals surface area contributed by atoms with Gasteiger partial charge in [-0.1, -0.05) is 0 Å². The fourth-order valence-corrected chi connectivity index (χ4v) is 2.12. The summed E-state index contributed by atoms with van der Waals surface area (Å²) in [7, 11) is 1.41. The van der Waals surface area contributed by atoms with E-state index in [0.29, 0.717) is 6.54 Å². The van der Waals surface area contributed by atoms with Crippen LogP contribution < -0.4 is 5.73 Å². The van der Waals surface area contributed by atoms with Crippen LogP contribution in [0, 0.1) is 5.92 Å². The van der Waals surface area contributed by atoms with Gasteiger partial charge in [0, 0.05) is 20.2 Å². The zero-order valence-electron chi connectivity index (χ0n) is 10.7. The van der Waals surface area contributed by atoms with Crippen LogP contribution in [0.3, 0.4) is 0 Å². The highest BCUT2D eigenvalue weighted by Crippen LogP contribution is 2.21. The normalized spacial score (nSPS) is 24.8. The second-order valence-electron chi connectivity index (χ2n) is 4.13. The summed E-state index contributed by atoms with van der Waals surface area (Å²) in [5.74, 6) is -1.93. The Bertz CT molecular complexity index is 306. The molecule has 3 unspecified atom stereocenters. The van der Waals surface area contributed by atoms with Crippen molar-refractivity contribution in [2.45, 2.75) is 19.1 Å². The molecule has 0 aromatic rings. The molecule has 1 fully saturated rings. The lowest BCUT2D eigenvalue weighted by Crippen LogP contribution is -2.52. The van der Waals surface area contributed by atoms with Crippen LogP contribution in [0.5, 0.6) is 0 Å². The van der Waals surface area contributed by atoms with Gasteiger partial charge in [-0.2, -0.15) is 0 Å². The maximum Gasteiger partial charge on any atom is 0.311 e. The minimum Gasteiger partial charge on any atom is -0.481 e. The molecule has 3 N–H and O–H groups in total. The van der Waals surface area contributed by atoms with Crippen LogP contribution in [0.2, 0.25) is 0 Å². The molecule has 1 rings (SSSR count). The first-order valence-electron chi connectivity index (χ1n) is 5.90. The topological polar surface area (TPSA) is 102 Å². The van der Waals surface area contributed by atoms with Gasteiger partial charge in [-0.05, 0) is 6.92 Å². The van der Waals surface area contributed by atoms with Crippen molar-refractivity contribution in [3.63, 3.8) is 0 Å². The summed E-state index contributed by atoms with van der Waals surface area (Å²) in [4.78, 5) is 24.7. The molecule has 1 saturated heterocycles. The van der Waals surface area contributed by atoms with Gasteiger partial charge in [0.2, 0.25) is 0 Å². The molecule has 7 nitrogen and oxygen atoms in total. The zero-order valence-corrected chi connectivity index (χ0v) is 10.7. The number of carboxylic acids is 1. The fraction of sp³-hybridized carbons (Fsp3) is 0.818. The summed E-state index contributed by atoms with van der Waals surface area (Å²) in [5, 5.41) is 9.09. The van der Waals surface area contributed by atoms with Crippen LogP contribution in [0.15, 0.2) is 0 Å². The number of rotatable bonds is 6. The van der Waals surface area contributed by atoms with Crippen molar-refractivity contribution in [3.05, 3.63) is 0 Å². The molecule has 0 radical (unpaired) electrons. The Morgan fingerprint density at radius 3 is 2.67 bits per heavy atom. The van der Waals surface area contributed by atoms with E-state index < -0.39 is 24.0 Å². The smallest absolute Gasteiger partial charge is 0.311 e. The number of hydrogen-bond acceptors (Lipinski definition) is 5. The van der Waals surface area contributed by atoms with Crippen molar-refractivity contribution in [2.75, 3.05) is 33.4 Å². The molecule has 0 spiro atoms. The summed E-state index contributed by atoms with van der Waals surface area (Å²) in [6.45, 7) is 2.62. The van der Waals surface area contributed by atoms with Gasteiger partial charge in [0.25, 0.3) is 5.91 Å². The maximum absolute atomic E-state index is 12.2. The van der Waals surface area contributed by atoms with E-state index in [1.807, 2.05) is 0 Å². The monoisotopic (exact) mass is 260 g/mol. The van der Waals surface area contributed by atoms with Crippen LogP contribution in [0.1, 0.15) is 6.92 Å². The number of carboxylic acid groups (broad SMARTS) is 1. The van der Waals surface area contributed by atoms with Gasteiger partial charge in [0.1, 0.15) is 12.0 Å². The van der Waals surface area contributed by atoms with E-state index in [-0.39, 0.29) is 25.7 Å². The number of likely N-dealkylation sites (N-methyl/N-ethyl adjacent to an activating group) is 1. The maximum atomic E-state index is 12.2. The highest BCUT2D eigenvalue weighted by molar-refractivity contribution is 5.82. The number of nitrogens with two attached hydrogens (primary N) is 1. The van der Waals surface area contributed by atoms with E-state index in [2.05, 4.69) is 0 Å². The average Bonchev–Trinajstić information content (AvgIpc) is 2.81. The van der Waals surface area contributed by atoms with Crippen LogP contribution in [-0.2, 0) is 19.1 Å². The zero-order chi connectivity index (χ0) is 13.7. The fourth-order valence-electron chi connectivity index (χ4n) is 2.12. The predicted molar refractivity (Wildman–Crippen MR) is 63.0 cm³/mol. The minimum absolute atomic E-state index is 0.0666. The molecule has 0 aromatic carbocycles. The lowest BCUT2D eigenvalue weighted by atomic mass is 10.0. The summed E-state index contributed by atoms with van der Waals surface area (Å²) in [5.41, 5.74) is 5.45. The van der Waals surface area contributed by atoms with Crippen LogP contribution in [0.4, 0.5) is 0 Å². The molecule has 1 amide bonds. The number of hydrogen-bond donors (Lipinski definition) is 2. The Morgan fingerprint density at radius 1 is 1.56 bits per heavy atom. The molecular formula is C11H20N2O5. The van der Waals surface area contributed by atoms with Crippen molar-refractivity contribution >= 4 is 11.9 Å². The highest BCUT2D eigenvalue weighted by Gasteiger charge is 2.40. The predicted octanol–water partition coefficient (Wildman–Crippen LogP) is -1.09. The Hall–Kier alpha value is -1.18. The Morgan fingerprint density at radius 2 is 2.22 bits per heavy atom. The molecule has 0 saturated carbocycles. The summed E-state index contributed by atoms with van der Waals surface area (Å²) in [6.07, 6.45) is -0.736. The lowest BCUT2D eigenvalue weighted by molar-refractivity contribution is -0.148. The molecule has 0 aromatic heterocycles. The second kappa shape index (κ2) is 6.67. The van der Waals surface area contributed by atoms with Crippen molar-refractivity contribution in [1.82, 2.24) is 4.90 Å². The van der Waals surface area contributed by atoms with Gasteiger partial charge in [-0.3, -0.25) is 9.59 Å². The Balaban J connectivity index is 2.82. The second-order valence-corrected chi connectivity index (χ2v) is 4.13. The first kappa shape index (κ1) is 14.9. The molecule has 0 aliphatic carbocycles. The average molecular weight is 260 g/mol. The number of amides is 1. The third kappa shape index (κ3) is 2.98. The van der Waals surface area contributed by atoms with E-state index >= 15 is 0 Å². The largest absolute Gasteiger partial charge is 0.481 e. The number of ether oxygens (including phenoxy) is 2. The van der Waals surface area contributed by atoms with Crippen LogP contribution >= 0.6 is 0 Å². The number of methoxy groups -OCH3 is 1. The van der Waals surface area contributed by atoms with Gasteiger partial charge in [-0.25, -0.2) is 0 Å². The van der Waals surface area contributed by atoms with Crippen molar-refractivity contribution in [1.29, 1.82) is 0 Å². The van der Waals surface area contributed by atoms with Gasteiger partial charge >= 0.3 is 5.97 Å². The number of aliphatic carboxylic acids is 1. The summed E-state index contributed by atoms with van der Waals surface area (Å²) >= 11 is 0. The minimum atomic E-state index is -0.953. The molecule has 104 valence electrons. The molecule has 7 heteroatoms. The highest BCUT2D eigenvalue weighted by atomic mass is 16.5. The lowest BCUT2D eigenvalue weighted by Gasteiger charge is -2.31. The molecule has 18 heavy (non-hydrogen) atoms. The van der Waals surface area contributed by atoms with Crippen molar-refractivity contribution in [2.24, 2.45) is 11.7 Å². The van der Waals surface area contributed by atoms with E-state index in [1.54, 1.807) is 6.92 Å². The standard InChI is InChI=1S/C11H20N2O5/c1-3-13(10(14)9(4-12)17-2)8-6-18-5-7(8)11(15)16/h7-9H,3-6,12H2,1-2H3,(H,15,16). The van der Waals surface area contributed by atoms with Crippen LogP contribution in [0.25, 0.3) is 0 Å². The first-order valence-corrected chi connectivity index (χ1v) is 5.90. The summed E-state index contributed by atoms with van der Waals surface area (Å²) < 4.78 is 10.2. The van der Waals surface area contributed by atoms with Gasteiger partial charge < -0.3 is 25.2 Å². The Labute approximate surface area is 106 Å². The molecule has 1 aliphatic rings. The molecule has 1 heterocycles. The van der Waals surface area contributed by atoms with Crippen molar-refractivity contribution < 1.29 is 24.2 Å². The number of carbonyl (C=O) groups excluding carboxylic acids is 1. The first-order chi connectivity index (χ1) is 8.56. The van der Waals surface area contributed by atoms with E-state index in [0.717, 1.165) is 0 Å². The summed E-state index contributed by atoms with van der Waals surface area (Å²) in [6, 6.07) is -0.454. The van der Waals surface area contributed by atoms with Gasteiger partial charge in [0.05, 0.1) is 19.3 Å². The molecule has 3 atom stereocenters. The third-order valence-electron chi connectivity index (χ3n) is 3.17. The Kier molecular flexibility index (Phi) is 5.52. The molecule has 0 bridgehead atoms.